The van der Waals surface area contributed by atoms with Gasteiger partial charge in [-0.25, -0.2) is 12.8 Å². The summed E-state index contributed by atoms with van der Waals surface area (Å²) in [6.07, 6.45) is 0. The van der Waals surface area contributed by atoms with Crippen LogP contribution < -0.4 is 9.04 Å². The van der Waals surface area contributed by atoms with E-state index in [1.54, 1.807) is 38.1 Å². The van der Waals surface area contributed by atoms with E-state index in [0.717, 1.165) is 5.56 Å². The van der Waals surface area contributed by atoms with Gasteiger partial charge >= 0.3 is 0 Å². The Kier molecular flexibility index (Phi) is 5.70. The van der Waals surface area contributed by atoms with Crippen molar-refractivity contribution in [3.05, 3.63) is 89.7 Å². The van der Waals surface area contributed by atoms with E-state index in [4.69, 9.17) is 4.74 Å². The van der Waals surface area contributed by atoms with Crippen LogP contribution in [0.3, 0.4) is 0 Å². The Labute approximate surface area is 165 Å². The average molecular weight is 399 g/mol. The molecule has 0 bridgehead atoms. The fourth-order valence-corrected chi connectivity index (χ4v) is 4.70. The maximum Gasteiger partial charge on any atom is 0.265 e. The molecule has 0 N–H and O–H groups in total. The van der Waals surface area contributed by atoms with E-state index in [0.29, 0.717) is 11.3 Å². The Bertz CT molecular complexity index is 1070. The van der Waals surface area contributed by atoms with Crippen LogP contribution in [0, 0.1) is 12.7 Å². The molecule has 0 radical (unpaired) electrons. The van der Waals surface area contributed by atoms with Crippen LogP contribution >= 0.6 is 0 Å². The van der Waals surface area contributed by atoms with Crippen LogP contribution in [0.25, 0.3) is 0 Å². The van der Waals surface area contributed by atoms with Crippen LogP contribution in [0.15, 0.2) is 77.7 Å². The number of anilines is 1. The fraction of sp³-hybridized carbons (Fsp3) is 0.182. The van der Waals surface area contributed by atoms with Crippen LogP contribution in [0.1, 0.15) is 24.1 Å². The molecule has 3 aromatic rings. The van der Waals surface area contributed by atoms with Crippen molar-refractivity contribution in [2.24, 2.45) is 0 Å². The number of nitrogens with zero attached hydrogens (tertiary/aromatic N) is 1. The van der Waals surface area contributed by atoms with Gasteiger partial charge in [0.15, 0.2) is 0 Å². The summed E-state index contributed by atoms with van der Waals surface area (Å²) in [5, 5.41) is 0. The molecule has 0 aromatic heterocycles. The molecule has 0 spiro atoms. The fourth-order valence-electron chi connectivity index (χ4n) is 3.03. The lowest BCUT2D eigenvalue weighted by Gasteiger charge is -2.31. The van der Waals surface area contributed by atoms with E-state index in [1.807, 2.05) is 30.3 Å². The van der Waals surface area contributed by atoms with E-state index < -0.39 is 21.9 Å². The highest BCUT2D eigenvalue weighted by atomic mass is 32.2. The largest absolute Gasteiger partial charge is 0.497 e. The molecule has 1 atom stereocenters. The van der Waals surface area contributed by atoms with Crippen LogP contribution in [0.5, 0.6) is 5.75 Å². The van der Waals surface area contributed by atoms with Gasteiger partial charge in [-0.05, 0) is 49.2 Å². The van der Waals surface area contributed by atoms with Crippen molar-refractivity contribution in [3.8, 4) is 5.75 Å². The van der Waals surface area contributed by atoms with E-state index in [2.05, 4.69) is 0 Å². The number of methoxy groups -OCH3 is 1. The molecule has 3 aromatic carbocycles. The molecule has 0 aliphatic heterocycles. The van der Waals surface area contributed by atoms with E-state index in [1.165, 1.54) is 29.6 Å². The molecule has 146 valence electrons. The Hall–Kier alpha value is -2.86. The summed E-state index contributed by atoms with van der Waals surface area (Å²) in [4.78, 5) is 0.0793. The molecule has 0 saturated heterocycles. The molecule has 0 fully saturated rings. The van der Waals surface area contributed by atoms with Gasteiger partial charge in [-0.2, -0.15) is 0 Å². The smallest absolute Gasteiger partial charge is 0.265 e. The van der Waals surface area contributed by atoms with Gasteiger partial charge in [0.25, 0.3) is 10.0 Å². The summed E-state index contributed by atoms with van der Waals surface area (Å²) in [5.74, 6) is -0.0212. The third-order valence-corrected chi connectivity index (χ3v) is 6.54. The molecule has 0 heterocycles. The van der Waals surface area contributed by atoms with Gasteiger partial charge in [-0.3, -0.25) is 4.31 Å². The molecule has 0 aliphatic carbocycles. The zero-order valence-corrected chi connectivity index (χ0v) is 16.8. The number of halogens is 1. The second-order valence-corrected chi connectivity index (χ2v) is 8.31. The standard InChI is InChI=1S/C22H22FNO3S/c1-16-12-13-19(14-22(16)23)24(17(2)18-8-5-4-6-9-18)28(25,26)21-11-7-10-20(15-21)27-3/h4-15,17H,1-3H3/t17-/m0/s1. The molecule has 0 aliphatic rings. The van der Waals surface area contributed by atoms with Crippen molar-refractivity contribution in [1.29, 1.82) is 0 Å². The lowest BCUT2D eigenvalue weighted by molar-refractivity contribution is 0.413. The lowest BCUT2D eigenvalue weighted by atomic mass is 10.1. The summed E-state index contributed by atoms with van der Waals surface area (Å²) in [7, 11) is -2.50. The summed E-state index contributed by atoms with van der Waals surface area (Å²) >= 11 is 0. The minimum absolute atomic E-state index is 0.0793. The topological polar surface area (TPSA) is 46.6 Å². The van der Waals surface area contributed by atoms with Crippen LogP contribution in [0.4, 0.5) is 10.1 Å². The van der Waals surface area contributed by atoms with Crippen molar-refractivity contribution in [1.82, 2.24) is 0 Å². The second kappa shape index (κ2) is 8.02. The monoisotopic (exact) mass is 399 g/mol. The van der Waals surface area contributed by atoms with Gasteiger partial charge in [-0.1, -0.05) is 42.5 Å². The third-order valence-electron chi connectivity index (χ3n) is 4.64. The van der Waals surface area contributed by atoms with Gasteiger partial charge in [0.1, 0.15) is 11.6 Å². The molecule has 0 amide bonds. The first kappa shape index (κ1) is 19.9. The molecular weight excluding hydrogens is 377 g/mol. The van der Waals surface area contributed by atoms with Gasteiger partial charge in [-0.15, -0.1) is 0 Å². The van der Waals surface area contributed by atoms with Crippen LogP contribution in [-0.2, 0) is 10.0 Å². The molecular formula is C22H22FNO3S. The van der Waals surface area contributed by atoms with Crippen molar-refractivity contribution in [2.45, 2.75) is 24.8 Å². The predicted octanol–water partition coefficient (Wildman–Crippen LogP) is 5.10. The summed E-state index contributed by atoms with van der Waals surface area (Å²) in [6, 6.07) is 19.4. The highest BCUT2D eigenvalue weighted by molar-refractivity contribution is 7.92. The molecule has 0 saturated carbocycles. The first-order valence-electron chi connectivity index (χ1n) is 8.84. The molecule has 6 heteroatoms. The number of hydrogen-bond donors (Lipinski definition) is 0. The number of ether oxygens (including phenoxy) is 1. The van der Waals surface area contributed by atoms with E-state index in [9.17, 15) is 12.8 Å². The normalized spacial score (nSPS) is 12.4. The molecule has 0 unspecified atom stereocenters. The second-order valence-electron chi connectivity index (χ2n) is 6.50. The highest BCUT2D eigenvalue weighted by Gasteiger charge is 2.31. The van der Waals surface area contributed by atoms with Crippen LogP contribution in [-0.4, -0.2) is 15.5 Å². The minimum atomic E-state index is -3.98. The zero-order chi connectivity index (χ0) is 20.3. The first-order valence-corrected chi connectivity index (χ1v) is 10.3. The summed E-state index contributed by atoms with van der Waals surface area (Å²) in [5.41, 5.74) is 1.52. The number of sulfonamides is 1. The quantitative estimate of drug-likeness (QED) is 0.579. The third kappa shape index (κ3) is 3.87. The van der Waals surface area contributed by atoms with Crippen molar-refractivity contribution >= 4 is 15.7 Å². The zero-order valence-electron chi connectivity index (χ0n) is 16.0. The van der Waals surface area contributed by atoms with Gasteiger partial charge < -0.3 is 4.74 Å². The maximum atomic E-state index is 14.3. The lowest BCUT2D eigenvalue weighted by Crippen LogP contribution is -2.33. The predicted molar refractivity (Wildman–Crippen MR) is 109 cm³/mol. The van der Waals surface area contributed by atoms with Crippen molar-refractivity contribution < 1.29 is 17.5 Å². The molecule has 28 heavy (non-hydrogen) atoms. The number of rotatable bonds is 6. The maximum absolute atomic E-state index is 14.3. The number of hydrogen-bond acceptors (Lipinski definition) is 3. The van der Waals surface area contributed by atoms with Crippen LogP contribution in [0.2, 0.25) is 0 Å². The Morgan fingerprint density at radius 1 is 0.964 bits per heavy atom. The van der Waals surface area contributed by atoms with Crippen molar-refractivity contribution in [3.63, 3.8) is 0 Å². The van der Waals surface area contributed by atoms with Gasteiger partial charge in [0.05, 0.1) is 23.7 Å². The Morgan fingerprint density at radius 2 is 1.68 bits per heavy atom. The number of benzene rings is 3. The first-order chi connectivity index (χ1) is 13.3. The SMILES string of the molecule is COc1cccc(S(=O)(=O)N(c2ccc(C)c(F)c2)[C@@H](C)c2ccccc2)c1. The average Bonchev–Trinajstić information content (AvgIpc) is 2.71. The highest BCUT2D eigenvalue weighted by Crippen LogP contribution is 2.34. The number of aryl methyl sites for hydroxylation is 1. The molecule has 4 nitrogen and oxygen atoms in total. The van der Waals surface area contributed by atoms with Gasteiger partial charge in [0, 0.05) is 6.07 Å². The summed E-state index contributed by atoms with van der Waals surface area (Å²) < 4.78 is 47.8. The van der Waals surface area contributed by atoms with Gasteiger partial charge in [0.2, 0.25) is 0 Å². The Morgan fingerprint density at radius 3 is 2.32 bits per heavy atom. The Balaban J connectivity index is 2.18. The minimum Gasteiger partial charge on any atom is -0.497 e. The van der Waals surface area contributed by atoms with E-state index >= 15 is 0 Å². The molecule has 3 rings (SSSR count). The summed E-state index contributed by atoms with van der Waals surface area (Å²) in [6.45, 7) is 3.42. The van der Waals surface area contributed by atoms with E-state index in [-0.39, 0.29) is 10.6 Å². The van der Waals surface area contributed by atoms with Crippen molar-refractivity contribution in [2.75, 3.05) is 11.4 Å².